The molecule has 0 fully saturated rings. The van der Waals surface area contributed by atoms with Gasteiger partial charge in [0.15, 0.2) is 0 Å². The SMILES string of the molecule is C=C/C(C1=C(C)CC[C@H](N)C1C)=C(/C)NC. The van der Waals surface area contributed by atoms with Crippen molar-refractivity contribution < 1.29 is 0 Å². The van der Waals surface area contributed by atoms with Crippen molar-refractivity contribution in [2.24, 2.45) is 11.7 Å². The second-order valence-electron chi connectivity index (χ2n) is 4.68. The largest absolute Gasteiger partial charge is 0.391 e. The van der Waals surface area contributed by atoms with E-state index in [9.17, 15) is 0 Å². The second-order valence-corrected chi connectivity index (χ2v) is 4.68. The number of rotatable bonds is 3. The summed E-state index contributed by atoms with van der Waals surface area (Å²) in [6.45, 7) is 10.4. The Labute approximate surface area is 99.3 Å². The summed E-state index contributed by atoms with van der Waals surface area (Å²) in [7, 11) is 1.95. The standard InChI is InChI=1S/C14H24N2/c1-6-12(11(4)16-5)14-9(2)7-8-13(15)10(14)3/h6,10,13,16H,1,7-8,15H2,2-5H3/b12-11+/t10?,13-/m0/s1. The molecule has 2 heteroatoms. The Kier molecular flexibility index (Phi) is 4.36. The van der Waals surface area contributed by atoms with Gasteiger partial charge in [0.2, 0.25) is 0 Å². The molecule has 2 nitrogen and oxygen atoms in total. The molecule has 0 aromatic heterocycles. The van der Waals surface area contributed by atoms with E-state index >= 15 is 0 Å². The Morgan fingerprint density at radius 3 is 2.69 bits per heavy atom. The van der Waals surface area contributed by atoms with Crippen molar-refractivity contribution in [2.45, 2.75) is 39.7 Å². The number of hydrogen-bond acceptors (Lipinski definition) is 2. The van der Waals surface area contributed by atoms with Gasteiger partial charge in [-0.2, -0.15) is 0 Å². The van der Waals surface area contributed by atoms with Crippen LogP contribution in [0.1, 0.15) is 33.6 Å². The predicted molar refractivity (Wildman–Crippen MR) is 71.0 cm³/mol. The molecular formula is C14H24N2. The minimum Gasteiger partial charge on any atom is -0.391 e. The number of nitrogens with two attached hydrogens (primary N) is 1. The fraction of sp³-hybridized carbons (Fsp3) is 0.571. The Hall–Kier alpha value is -1.02. The average Bonchev–Trinajstić information content (AvgIpc) is 2.28. The molecular weight excluding hydrogens is 196 g/mol. The van der Waals surface area contributed by atoms with Crippen molar-refractivity contribution in [3.8, 4) is 0 Å². The van der Waals surface area contributed by atoms with Crippen LogP contribution >= 0.6 is 0 Å². The molecule has 0 aliphatic heterocycles. The summed E-state index contributed by atoms with van der Waals surface area (Å²) in [5.74, 6) is 0.421. The van der Waals surface area contributed by atoms with Crippen molar-refractivity contribution in [1.29, 1.82) is 0 Å². The van der Waals surface area contributed by atoms with Gasteiger partial charge < -0.3 is 11.1 Å². The van der Waals surface area contributed by atoms with E-state index in [-0.39, 0.29) is 6.04 Å². The molecule has 0 aromatic rings. The summed E-state index contributed by atoms with van der Waals surface area (Å²) >= 11 is 0. The predicted octanol–water partition coefficient (Wildman–Crippen LogP) is 2.74. The fourth-order valence-corrected chi connectivity index (χ4v) is 2.45. The zero-order valence-corrected chi connectivity index (χ0v) is 10.9. The van der Waals surface area contributed by atoms with Gasteiger partial charge in [-0.1, -0.05) is 25.2 Å². The lowest BCUT2D eigenvalue weighted by Crippen LogP contribution is -2.33. The lowest BCUT2D eigenvalue weighted by atomic mass is 9.77. The van der Waals surface area contributed by atoms with Crippen molar-refractivity contribution >= 4 is 0 Å². The Morgan fingerprint density at radius 2 is 2.19 bits per heavy atom. The van der Waals surface area contributed by atoms with Crippen molar-refractivity contribution in [1.82, 2.24) is 5.32 Å². The molecule has 2 atom stereocenters. The van der Waals surface area contributed by atoms with E-state index in [1.54, 1.807) is 0 Å². The summed E-state index contributed by atoms with van der Waals surface area (Å²) < 4.78 is 0. The first-order valence-corrected chi connectivity index (χ1v) is 5.99. The monoisotopic (exact) mass is 220 g/mol. The van der Waals surface area contributed by atoms with E-state index in [0.29, 0.717) is 5.92 Å². The maximum Gasteiger partial charge on any atom is 0.0149 e. The Balaban J connectivity index is 3.22. The maximum atomic E-state index is 6.15. The normalized spacial score (nSPS) is 27.6. The van der Waals surface area contributed by atoms with Gasteiger partial charge in [0, 0.05) is 18.8 Å². The highest BCUT2D eigenvalue weighted by Gasteiger charge is 2.26. The topological polar surface area (TPSA) is 38.0 Å². The van der Waals surface area contributed by atoms with Crippen LogP contribution in [0.3, 0.4) is 0 Å². The lowest BCUT2D eigenvalue weighted by molar-refractivity contribution is 0.456. The van der Waals surface area contributed by atoms with Crippen molar-refractivity contribution in [2.75, 3.05) is 7.05 Å². The third kappa shape index (κ3) is 2.38. The second kappa shape index (κ2) is 5.35. The molecule has 0 heterocycles. The van der Waals surface area contributed by atoms with Crippen molar-refractivity contribution in [3.05, 3.63) is 35.1 Å². The molecule has 0 bridgehead atoms. The first kappa shape index (κ1) is 13.0. The molecule has 0 amide bonds. The molecule has 1 aliphatic rings. The van der Waals surface area contributed by atoms with Crippen molar-refractivity contribution in [3.63, 3.8) is 0 Å². The smallest absolute Gasteiger partial charge is 0.0149 e. The van der Waals surface area contributed by atoms with Crippen LogP contribution in [0.5, 0.6) is 0 Å². The molecule has 1 unspecified atom stereocenters. The zero-order valence-electron chi connectivity index (χ0n) is 10.9. The van der Waals surface area contributed by atoms with Gasteiger partial charge in [0.05, 0.1) is 0 Å². The van der Waals surface area contributed by atoms with Crippen LogP contribution in [0, 0.1) is 5.92 Å². The van der Waals surface area contributed by atoms with Gasteiger partial charge in [0.25, 0.3) is 0 Å². The van der Waals surface area contributed by atoms with Crippen LogP contribution in [0.4, 0.5) is 0 Å². The van der Waals surface area contributed by atoms with E-state index < -0.39 is 0 Å². The molecule has 0 spiro atoms. The maximum absolute atomic E-state index is 6.15. The Bertz CT molecular complexity index is 337. The Morgan fingerprint density at radius 1 is 1.56 bits per heavy atom. The highest BCUT2D eigenvalue weighted by atomic mass is 14.8. The molecule has 0 aromatic carbocycles. The minimum atomic E-state index is 0.276. The molecule has 0 saturated heterocycles. The molecule has 90 valence electrons. The van der Waals surface area contributed by atoms with Crippen LogP contribution in [-0.4, -0.2) is 13.1 Å². The van der Waals surface area contributed by atoms with Gasteiger partial charge >= 0.3 is 0 Å². The third-order valence-corrected chi connectivity index (χ3v) is 3.68. The van der Waals surface area contributed by atoms with Gasteiger partial charge in [-0.15, -0.1) is 0 Å². The first-order chi connectivity index (χ1) is 7.52. The van der Waals surface area contributed by atoms with Crippen LogP contribution in [0.15, 0.2) is 35.1 Å². The average molecular weight is 220 g/mol. The fourth-order valence-electron chi connectivity index (χ4n) is 2.45. The van der Waals surface area contributed by atoms with Gasteiger partial charge in [-0.25, -0.2) is 0 Å². The molecule has 0 radical (unpaired) electrons. The summed E-state index contributed by atoms with van der Waals surface area (Å²) in [5.41, 5.74) is 11.4. The summed E-state index contributed by atoms with van der Waals surface area (Å²) in [5, 5.41) is 3.20. The van der Waals surface area contributed by atoms with Crippen LogP contribution in [-0.2, 0) is 0 Å². The van der Waals surface area contributed by atoms with E-state index in [1.165, 1.54) is 22.4 Å². The molecule has 1 rings (SSSR count). The number of hydrogen-bond donors (Lipinski definition) is 2. The highest BCUT2D eigenvalue weighted by Crippen LogP contribution is 2.35. The van der Waals surface area contributed by atoms with Crippen LogP contribution < -0.4 is 11.1 Å². The summed E-state index contributed by atoms with van der Waals surface area (Å²) in [6, 6.07) is 0.276. The van der Waals surface area contributed by atoms with Gasteiger partial charge in [0.1, 0.15) is 0 Å². The number of nitrogens with one attached hydrogen (secondary N) is 1. The number of allylic oxidation sites excluding steroid dienone is 4. The molecule has 0 saturated carbocycles. The minimum absolute atomic E-state index is 0.276. The van der Waals surface area contributed by atoms with Gasteiger partial charge in [-0.05, 0) is 43.8 Å². The summed E-state index contributed by atoms with van der Waals surface area (Å²) in [6.07, 6.45) is 4.15. The molecule has 16 heavy (non-hydrogen) atoms. The quantitative estimate of drug-likeness (QED) is 0.718. The lowest BCUT2D eigenvalue weighted by Gasteiger charge is -2.31. The third-order valence-electron chi connectivity index (χ3n) is 3.68. The van der Waals surface area contributed by atoms with E-state index in [1.807, 2.05) is 13.1 Å². The van der Waals surface area contributed by atoms with E-state index in [4.69, 9.17) is 5.73 Å². The van der Waals surface area contributed by atoms with Gasteiger partial charge in [-0.3, -0.25) is 0 Å². The van der Waals surface area contributed by atoms with E-state index in [0.717, 1.165) is 12.8 Å². The first-order valence-electron chi connectivity index (χ1n) is 5.99. The summed E-state index contributed by atoms with van der Waals surface area (Å²) in [4.78, 5) is 0. The molecule has 1 aliphatic carbocycles. The zero-order chi connectivity index (χ0) is 12.3. The molecule has 3 N–H and O–H groups in total. The van der Waals surface area contributed by atoms with Crippen LogP contribution in [0.2, 0.25) is 0 Å². The highest BCUT2D eigenvalue weighted by molar-refractivity contribution is 5.47. The van der Waals surface area contributed by atoms with Crippen LogP contribution in [0.25, 0.3) is 0 Å². The van der Waals surface area contributed by atoms with E-state index in [2.05, 4.69) is 32.7 Å².